The third-order valence-corrected chi connectivity index (χ3v) is 4.21. The van der Waals surface area contributed by atoms with Gasteiger partial charge in [-0.15, -0.1) is 0 Å². The van der Waals surface area contributed by atoms with Gasteiger partial charge in [0.25, 0.3) is 0 Å². The molecule has 1 saturated heterocycles. The number of rotatable bonds is 4. The minimum atomic E-state index is 0.119. The van der Waals surface area contributed by atoms with Gasteiger partial charge < -0.3 is 4.74 Å². The molecule has 1 atom stereocenters. The van der Waals surface area contributed by atoms with Crippen LogP contribution in [0.5, 0.6) is 0 Å². The van der Waals surface area contributed by atoms with E-state index < -0.39 is 0 Å². The quantitative estimate of drug-likeness (QED) is 0.720. The molecule has 0 radical (unpaired) electrons. The van der Waals surface area contributed by atoms with E-state index in [-0.39, 0.29) is 11.0 Å². The molecule has 0 spiro atoms. The van der Waals surface area contributed by atoms with Gasteiger partial charge in [0.2, 0.25) is 0 Å². The maximum atomic E-state index is 6.15. The van der Waals surface area contributed by atoms with E-state index in [4.69, 9.17) is 16.3 Å². The lowest BCUT2D eigenvalue weighted by Gasteiger charge is -2.27. The first-order valence-electron chi connectivity index (χ1n) is 6.32. The number of benzene rings is 1. The molecule has 1 heterocycles. The van der Waals surface area contributed by atoms with Crippen LogP contribution in [0.15, 0.2) is 24.3 Å². The van der Waals surface area contributed by atoms with E-state index >= 15 is 0 Å². The summed E-state index contributed by atoms with van der Waals surface area (Å²) in [6.45, 7) is 7.69. The lowest BCUT2D eigenvalue weighted by atomic mass is 9.78. The number of halogens is 1. The summed E-state index contributed by atoms with van der Waals surface area (Å²) in [6.07, 6.45) is 3.31. The highest BCUT2D eigenvalue weighted by molar-refractivity contribution is 6.31. The number of aryl methyl sites for hydroxylation is 1. The SMILES string of the molecule is CC(C)(C)C1(CCCc2ccccc2Cl)CO1. The van der Waals surface area contributed by atoms with Crippen LogP contribution < -0.4 is 0 Å². The van der Waals surface area contributed by atoms with Crippen LogP contribution in [0.25, 0.3) is 0 Å². The van der Waals surface area contributed by atoms with Crippen LogP contribution in [-0.4, -0.2) is 12.2 Å². The molecule has 0 amide bonds. The van der Waals surface area contributed by atoms with E-state index in [9.17, 15) is 0 Å². The Morgan fingerprint density at radius 1 is 1.29 bits per heavy atom. The van der Waals surface area contributed by atoms with Gasteiger partial charge in [-0.05, 0) is 36.3 Å². The lowest BCUT2D eigenvalue weighted by Crippen LogP contribution is -2.30. The molecule has 0 saturated carbocycles. The lowest BCUT2D eigenvalue weighted by molar-refractivity contribution is 0.142. The summed E-state index contributed by atoms with van der Waals surface area (Å²) in [5.41, 5.74) is 1.61. The number of hydrogen-bond donors (Lipinski definition) is 0. The Hall–Kier alpha value is -0.530. The summed E-state index contributed by atoms with van der Waals surface area (Å²) >= 11 is 6.15. The first kappa shape index (κ1) is 12.9. The van der Waals surface area contributed by atoms with E-state index in [0.717, 1.165) is 30.9 Å². The minimum Gasteiger partial charge on any atom is -0.369 e. The third-order valence-electron chi connectivity index (χ3n) is 3.84. The van der Waals surface area contributed by atoms with Gasteiger partial charge in [0.1, 0.15) is 0 Å². The summed E-state index contributed by atoms with van der Waals surface area (Å²) in [5, 5.41) is 0.883. The summed E-state index contributed by atoms with van der Waals surface area (Å²) < 4.78 is 5.70. The van der Waals surface area contributed by atoms with Crippen molar-refractivity contribution in [2.24, 2.45) is 5.41 Å². The van der Waals surface area contributed by atoms with Crippen LogP contribution in [0.2, 0.25) is 5.02 Å². The van der Waals surface area contributed by atoms with Crippen LogP contribution >= 0.6 is 11.6 Å². The van der Waals surface area contributed by atoms with Gasteiger partial charge in [-0.25, -0.2) is 0 Å². The van der Waals surface area contributed by atoms with Crippen molar-refractivity contribution < 1.29 is 4.74 Å². The van der Waals surface area contributed by atoms with Crippen LogP contribution in [0.4, 0.5) is 0 Å². The molecule has 2 heteroatoms. The Morgan fingerprint density at radius 2 is 1.94 bits per heavy atom. The second-order valence-corrected chi connectivity index (χ2v) is 6.39. The molecule has 1 unspecified atom stereocenters. The molecule has 0 bridgehead atoms. The monoisotopic (exact) mass is 252 g/mol. The van der Waals surface area contributed by atoms with Crippen molar-refractivity contribution in [1.82, 2.24) is 0 Å². The molecule has 1 aliphatic rings. The Morgan fingerprint density at radius 3 is 2.47 bits per heavy atom. The molecular weight excluding hydrogens is 232 g/mol. The molecule has 1 aliphatic heterocycles. The fourth-order valence-electron chi connectivity index (χ4n) is 2.31. The van der Waals surface area contributed by atoms with Crippen molar-refractivity contribution in [3.8, 4) is 0 Å². The fourth-order valence-corrected chi connectivity index (χ4v) is 2.54. The molecule has 0 N–H and O–H groups in total. The number of epoxide rings is 1. The molecule has 94 valence electrons. The normalized spacial score (nSPS) is 23.8. The van der Waals surface area contributed by atoms with Crippen molar-refractivity contribution in [1.29, 1.82) is 0 Å². The average molecular weight is 253 g/mol. The Balaban J connectivity index is 1.87. The van der Waals surface area contributed by atoms with Gasteiger partial charge in [-0.2, -0.15) is 0 Å². The van der Waals surface area contributed by atoms with E-state index in [1.807, 2.05) is 18.2 Å². The first-order chi connectivity index (χ1) is 7.95. The number of hydrogen-bond acceptors (Lipinski definition) is 1. The van der Waals surface area contributed by atoms with Crippen LogP contribution in [0.3, 0.4) is 0 Å². The van der Waals surface area contributed by atoms with Gasteiger partial charge in [0, 0.05) is 5.02 Å². The van der Waals surface area contributed by atoms with Crippen LogP contribution in [0.1, 0.15) is 39.2 Å². The maximum absolute atomic E-state index is 6.15. The highest BCUT2D eigenvalue weighted by atomic mass is 35.5. The highest BCUT2D eigenvalue weighted by Gasteiger charge is 2.53. The molecule has 1 aromatic rings. The zero-order chi connectivity index (χ0) is 12.5. The van der Waals surface area contributed by atoms with Crippen molar-refractivity contribution >= 4 is 11.6 Å². The first-order valence-corrected chi connectivity index (χ1v) is 6.70. The van der Waals surface area contributed by atoms with E-state index in [2.05, 4.69) is 26.8 Å². The predicted molar refractivity (Wildman–Crippen MR) is 72.5 cm³/mol. The van der Waals surface area contributed by atoms with Crippen molar-refractivity contribution in [3.05, 3.63) is 34.9 Å². The smallest absolute Gasteiger partial charge is 0.0964 e. The standard InChI is InChI=1S/C15H21ClO/c1-14(2,3)15(11-17-15)10-6-8-12-7-4-5-9-13(12)16/h4-5,7,9H,6,8,10-11H2,1-3H3. The predicted octanol–water partition coefficient (Wildman–Crippen LogP) is 4.48. The summed E-state index contributed by atoms with van der Waals surface area (Å²) in [4.78, 5) is 0. The zero-order valence-corrected chi connectivity index (χ0v) is 11.7. The number of ether oxygens (including phenoxy) is 1. The molecule has 1 aromatic carbocycles. The van der Waals surface area contributed by atoms with Gasteiger partial charge in [-0.1, -0.05) is 50.6 Å². The highest BCUT2D eigenvalue weighted by Crippen LogP contribution is 2.47. The van der Waals surface area contributed by atoms with Crippen LogP contribution in [-0.2, 0) is 11.2 Å². The van der Waals surface area contributed by atoms with Crippen molar-refractivity contribution in [3.63, 3.8) is 0 Å². The van der Waals surface area contributed by atoms with E-state index in [0.29, 0.717) is 0 Å². The largest absolute Gasteiger partial charge is 0.369 e. The topological polar surface area (TPSA) is 12.5 Å². The van der Waals surface area contributed by atoms with Gasteiger partial charge in [0.05, 0.1) is 12.2 Å². The molecule has 1 nitrogen and oxygen atoms in total. The van der Waals surface area contributed by atoms with Gasteiger partial charge in [0.15, 0.2) is 0 Å². The van der Waals surface area contributed by atoms with Gasteiger partial charge in [-0.3, -0.25) is 0 Å². The van der Waals surface area contributed by atoms with E-state index in [1.165, 1.54) is 5.56 Å². The molecule has 2 rings (SSSR count). The molecule has 0 aromatic heterocycles. The molecule has 0 aliphatic carbocycles. The summed E-state index contributed by atoms with van der Waals surface area (Å²) in [5.74, 6) is 0. The molecule has 17 heavy (non-hydrogen) atoms. The van der Waals surface area contributed by atoms with Gasteiger partial charge >= 0.3 is 0 Å². The second kappa shape index (κ2) is 4.62. The van der Waals surface area contributed by atoms with E-state index in [1.54, 1.807) is 0 Å². The van der Waals surface area contributed by atoms with Crippen LogP contribution in [0, 0.1) is 5.41 Å². The summed E-state index contributed by atoms with van der Waals surface area (Å²) in [7, 11) is 0. The molecule has 1 fully saturated rings. The Labute approximate surface area is 109 Å². The third kappa shape index (κ3) is 2.83. The average Bonchev–Trinajstić information content (AvgIpc) is 3.01. The summed E-state index contributed by atoms with van der Waals surface area (Å²) in [6, 6.07) is 8.10. The molecular formula is C15H21ClO. The fraction of sp³-hybridized carbons (Fsp3) is 0.600. The zero-order valence-electron chi connectivity index (χ0n) is 10.9. The minimum absolute atomic E-state index is 0.119. The Bertz CT molecular complexity index is 388. The van der Waals surface area contributed by atoms with Crippen molar-refractivity contribution in [2.45, 2.75) is 45.6 Å². The maximum Gasteiger partial charge on any atom is 0.0964 e. The Kier molecular flexibility index (Phi) is 3.51. The second-order valence-electron chi connectivity index (χ2n) is 5.98. The van der Waals surface area contributed by atoms with Crippen molar-refractivity contribution in [2.75, 3.05) is 6.61 Å².